The van der Waals surface area contributed by atoms with E-state index >= 15 is 0 Å². The van der Waals surface area contributed by atoms with E-state index in [1.54, 1.807) is 24.3 Å². The summed E-state index contributed by atoms with van der Waals surface area (Å²) in [5.74, 6) is 1.14. The van der Waals surface area contributed by atoms with Gasteiger partial charge in [-0.25, -0.2) is 5.43 Å². The lowest BCUT2D eigenvalue weighted by molar-refractivity contribution is -0.140. The predicted molar refractivity (Wildman–Crippen MR) is 124 cm³/mol. The third-order valence-corrected chi connectivity index (χ3v) is 4.49. The Morgan fingerprint density at radius 1 is 1.00 bits per heavy atom. The highest BCUT2D eigenvalue weighted by Crippen LogP contribution is 2.22. The van der Waals surface area contributed by atoms with Gasteiger partial charge in [-0.05, 0) is 48.9 Å². The van der Waals surface area contributed by atoms with Crippen molar-refractivity contribution in [3.8, 4) is 17.2 Å². The summed E-state index contributed by atoms with van der Waals surface area (Å²) in [6.45, 7) is 2.62. The van der Waals surface area contributed by atoms with Gasteiger partial charge in [0.25, 0.3) is 0 Å². The zero-order chi connectivity index (χ0) is 21.9. The molecule has 0 spiro atoms. The molecule has 0 aliphatic heterocycles. The summed E-state index contributed by atoms with van der Waals surface area (Å²) < 4.78 is 18.1. The maximum absolute atomic E-state index is 12.8. The lowest BCUT2D eigenvalue weighted by Crippen LogP contribution is -2.40. The van der Waals surface area contributed by atoms with Crippen molar-refractivity contribution in [1.82, 2.24) is 5.43 Å². The maximum Gasteiger partial charge on any atom is 0.323 e. The molecular formula is C24H23BrN2O4. The van der Waals surface area contributed by atoms with E-state index in [0.29, 0.717) is 23.9 Å². The van der Waals surface area contributed by atoms with Gasteiger partial charge in [0.15, 0.2) is 0 Å². The Labute approximate surface area is 190 Å². The van der Waals surface area contributed by atoms with Crippen molar-refractivity contribution >= 4 is 28.1 Å². The van der Waals surface area contributed by atoms with Gasteiger partial charge in [0, 0.05) is 10.0 Å². The van der Waals surface area contributed by atoms with Gasteiger partial charge in [-0.15, -0.1) is 0 Å². The van der Waals surface area contributed by atoms with Crippen LogP contribution in [0.5, 0.6) is 17.2 Å². The zero-order valence-electron chi connectivity index (χ0n) is 17.0. The molecule has 0 radical (unpaired) electrons. The lowest BCUT2D eigenvalue weighted by atomic mass is 10.2. The second kappa shape index (κ2) is 11.8. The molecule has 0 aromatic heterocycles. The summed E-state index contributed by atoms with van der Waals surface area (Å²) >= 11 is 3.44. The van der Waals surface area contributed by atoms with Crippen LogP contribution in [0.2, 0.25) is 0 Å². The summed E-state index contributed by atoms with van der Waals surface area (Å²) in [6.07, 6.45) is 1.19. The predicted octanol–water partition coefficient (Wildman–Crippen LogP) is 5.17. The molecule has 0 unspecified atom stereocenters. The van der Waals surface area contributed by atoms with Crippen LogP contribution in [0.15, 0.2) is 88.4 Å². The highest BCUT2D eigenvalue weighted by atomic mass is 79.9. The first-order valence-corrected chi connectivity index (χ1v) is 10.6. The average molecular weight is 483 g/mol. The fourth-order valence-corrected chi connectivity index (χ4v) is 2.94. The highest BCUT2D eigenvalue weighted by Gasteiger charge is 2.22. The van der Waals surface area contributed by atoms with E-state index in [-0.39, 0.29) is 0 Å². The number of carbonyl (C=O) groups excluding carboxylic acids is 1. The van der Waals surface area contributed by atoms with Gasteiger partial charge < -0.3 is 14.2 Å². The maximum atomic E-state index is 12.8. The van der Waals surface area contributed by atoms with Gasteiger partial charge in [-0.1, -0.05) is 59.3 Å². The minimum Gasteiger partial charge on any atom is -0.493 e. The van der Waals surface area contributed by atoms with Gasteiger partial charge in [-0.3, -0.25) is 4.79 Å². The van der Waals surface area contributed by atoms with E-state index < -0.39 is 12.2 Å². The molecule has 1 N–H and O–H groups in total. The number of amides is 1. The third kappa shape index (κ3) is 7.15. The van der Waals surface area contributed by atoms with Crippen molar-refractivity contribution in [2.75, 3.05) is 6.61 Å². The third-order valence-electron chi connectivity index (χ3n) is 4.00. The number of hydrogen-bond acceptors (Lipinski definition) is 5. The van der Waals surface area contributed by atoms with E-state index in [4.69, 9.17) is 14.2 Å². The highest BCUT2D eigenvalue weighted by molar-refractivity contribution is 9.10. The second-order valence-electron chi connectivity index (χ2n) is 6.46. The average Bonchev–Trinajstić information content (AvgIpc) is 2.79. The van der Waals surface area contributed by atoms with Gasteiger partial charge >= 0.3 is 12.2 Å². The van der Waals surface area contributed by atoms with E-state index in [2.05, 4.69) is 26.5 Å². The standard InChI is InChI=1S/C24H23BrN2O4/c1-2-15-29-22-14-13-19(25)16-18(22)17-26-27-23(28)24(30-20-9-5-3-6-10-20)31-21-11-7-4-8-12-21/h3-14,16-17,24H,2,15H2,1H3,(H,27,28). The first-order chi connectivity index (χ1) is 15.2. The van der Waals surface area contributed by atoms with E-state index in [0.717, 1.165) is 16.5 Å². The molecule has 0 fully saturated rings. The second-order valence-corrected chi connectivity index (χ2v) is 7.37. The fourth-order valence-electron chi connectivity index (χ4n) is 2.56. The van der Waals surface area contributed by atoms with E-state index in [1.807, 2.05) is 61.5 Å². The number of benzene rings is 3. The van der Waals surface area contributed by atoms with Crippen molar-refractivity contribution in [2.24, 2.45) is 5.10 Å². The fraction of sp³-hybridized carbons (Fsp3) is 0.167. The molecule has 0 atom stereocenters. The van der Waals surface area contributed by atoms with Crippen molar-refractivity contribution in [3.05, 3.63) is 88.9 Å². The minimum absolute atomic E-state index is 0.504. The summed E-state index contributed by atoms with van der Waals surface area (Å²) in [6, 6.07) is 23.6. The number of carbonyl (C=O) groups is 1. The normalized spacial score (nSPS) is 10.8. The Morgan fingerprint density at radius 2 is 1.61 bits per heavy atom. The van der Waals surface area contributed by atoms with Gasteiger partial charge in [0.05, 0.1) is 12.8 Å². The van der Waals surface area contributed by atoms with Crippen LogP contribution in [0.4, 0.5) is 0 Å². The van der Waals surface area contributed by atoms with E-state index in [1.165, 1.54) is 6.21 Å². The van der Waals surface area contributed by atoms with Crippen LogP contribution in [0, 0.1) is 0 Å². The molecule has 160 valence electrons. The quantitative estimate of drug-likeness (QED) is 0.245. The molecule has 0 saturated carbocycles. The molecule has 3 aromatic carbocycles. The Kier molecular flexibility index (Phi) is 8.48. The molecule has 31 heavy (non-hydrogen) atoms. The molecule has 7 heteroatoms. The summed E-state index contributed by atoms with van der Waals surface area (Å²) in [7, 11) is 0. The van der Waals surface area contributed by atoms with Crippen LogP contribution >= 0.6 is 15.9 Å². The monoisotopic (exact) mass is 482 g/mol. The number of halogens is 1. The molecule has 3 rings (SSSR count). The largest absolute Gasteiger partial charge is 0.493 e. The molecule has 0 bridgehead atoms. The molecule has 0 heterocycles. The number of rotatable bonds is 10. The Balaban J connectivity index is 1.72. The van der Waals surface area contributed by atoms with Crippen molar-refractivity contribution in [1.29, 1.82) is 0 Å². The van der Waals surface area contributed by atoms with E-state index in [9.17, 15) is 4.79 Å². The van der Waals surface area contributed by atoms with Crippen LogP contribution in [0.3, 0.4) is 0 Å². The first kappa shape index (κ1) is 22.4. The number of hydrogen-bond donors (Lipinski definition) is 1. The number of para-hydroxylation sites is 2. The number of ether oxygens (including phenoxy) is 3. The van der Waals surface area contributed by atoms with Gasteiger partial charge in [-0.2, -0.15) is 5.10 Å². The Hall–Kier alpha value is -3.32. The zero-order valence-corrected chi connectivity index (χ0v) is 18.6. The van der Waals surface area contributed by atoms with Gasteiger partial charge in [0.2, 0.25) is 0 Å². The van der Waals surface area contributed by atoms with Crippen LogP contribution in [-0.2, 0) is 4.79 Å². The van der Waals surface area contributed by atoms with Crippen LogP contribution in [-0.4, -0.2) is 25.0 Å². The van der Waals surface area contributed by atoms with Crippen molar-refractivity contribution in [3.63, 3.8) is 0 Å². The van der Waals surface area contributed by atoms with Crippen molar-refractivity contribution < 1.29 is 19.0 Å². The lowest BCUT2D eigenvalue weighted by Gasteiger charge is -2.18. The summed E-state index contributed by atoms with van der Waals surface area (Å²) in [5, 5.41) is 4.07. The SMILES string of the molecule is CCCOc1ccc(Br)cc1C=NNC(=O)C(Oc1ccccc1)Oc1ccccc1. The number of hydrazone groups is 1. The molecule has 3 aromatic rings. The van der Waals surface area contributed by atoms with Crippen LogP contribution in [0.25, 0.3) is 0 Å². The first-order valence-electron chi connectivity index (χ1n) is 9.84. The number of nitrogens with zero attached hydrogens (tertiary/aromatic N) is 1. The van der Waals surface area contributed by atoms with Crippen LogP contribution in [0.1, 0.15) is 18.9 Å². The smallest absolute Gasteiger partial charge is 0.323 e. The van der Waals surface area contributed by atoms with Crippen molar-refractivity contribution in [2.45, 2.75) is 19.6 Å². The summed E-state index contributed by atoms with van der Waals surface area (Å²) in [5.41, 5.74) is 3.21. The molecular weight excluding hydrogens is 460 g/mol. The van der Waals surface area contributed by atoms with Gasteiger partial charge in [0.1, 0.15) is 17.2 Å². The Morgan fingerprint density at radius 3 is 2.19 bits per heavy atom. The number of nitrogens with one attached hydrogen (secondary N) is 1. The molecule has 1 amide bonds. The minimum atomic E-state index is -1.22. The molecule has 6 nitrogen and oxygen atoms in total. The molecule has 0 aliphatic carbocycles. The molecule has 0 saturated heterocycles. The van der Waals surface area contributed by atoms with Crippen LogP contribution < -0.4 is 19.6 Å². The Bertz CT molecular complexity index is 955. The summed E-state index contributed by atoms with van der Waals surface area (Å²) in [4.78, 5) is 12.8. The topological polar surface area (TPSA) is 69.2 Å². The molecule has 0 aliphatic rings.